The topological polar surface area (TPSA) is 88.2 Å². The molecule has 8 heteroatoms. The Morgan fingerprint density at radius 3 is 2.88 bits per heavy atom. The van der Waals surface area contributed by atoms with Crippen molar-refractivity contribution in [1.29, 1.82) is 0 Å². The third-order valence-corrected chi connectivity index (χ3v) is 6.76. The molecule has 6 nitrogen and oxygen atoms in total. The Bertz CT molecular complexity index is 1770. The van der Waals surface area contributed by atoms with Crippen molar-refractivity contribution in [2.75, 3.05) is 0 Å². The third kappa shape index (κ3) is 2.91. The number of thiophene rings is 1. The van der Waals surface area contributed by atoms with E-state index in [1.165, 1.54) is 29.2 Å². The lowest BCUT2D eigenvalue weighted by atomic mass is 10.0. The van der Waals surface area contributed by atoms with Crippen molar-refractivity contribution < 1.29 is 18.7 Å². The first kappa shape index (κ1) is 19.5. The molecule has 162 valence electrons. The number of aromatic amines is 1. The second-order valence-electron chi connectivity index (χ2n) is 7.74. The van der Waals surface area contributed by atoms with Crippen molar-refractivity contribution in [2.45, 2.75) is 6.54 Å². The van der Waals surface area contributed by atoms with E-state index in [4.69, 9.17) is 4.42 Å². The predicted molar refractivity (Wildman–Crippen MR) is 126 cm³/mol. The molecule has 0 radical (unpaired) electrons. The van der Waals surface area contributed by atoms with E-state index in [9.17, 15) is 19.1 Å². The molecule has 0 fully saturated rings. The molecule has 0 saturated heterocycles. The summed E-state index contributed by atoms with van der Waals surface area (Å²) in [5.74, 6) is -1.75. The Kier molecular flexibility index (Phi) is 4.24. The number of H-pyrrole nitrogens is 1. The number of benzene rings is 2. The first-order valence-corrected chi connectivity index (χ1v) is 11.0. The van der Waals surface area contributed by atoms with Crippen LogP contribution in [-0.4, -0.2) is 20.6 Å². The first-order chi connectivity index (χ1) is 16.0. The number of fused-ring (bicyclic) bond motifs is 4. The SMILES string of the molecule is O=C(O)c1c(-c2ccc[nH]c2=O)c2c3occc3c(F)cc2n1Cc1ccc2sccc2c1. The average Bonchev–Trinajstić information content (AvgIpc) is 3.52. The van der Waals surface area contributed by atoms with E-state index in [1.54, 1.807) is 23.5 Å². The Morgan fingerprint density at radius 1 is 1.18 bits per heavy atom. The van der Waals surface area contributed by atoms with Crippen LogP contribution in [0.25, 0.3) is 43.1 Å². The highest BCUT2D eigenvalue weighted by Crippen LogP contribution is 2.40. The van der Waals surface area contributed by atoms with E-state index in [0.29, 0.717) is 10.9 Å². The molecule has 0 unspecified atom stereocenters. The third-order valence-electron chi connectivity index (χ3n) is 5.86. The molecule has 0 aliphatic carbocycles. The van der Waals surface area contributed by atoms with Crippen LogP contribution < -0.4 is 5.56 Å². The number of aromatic carboxylic acids is 1. The fraction of sp³-hybridized carbons (Fsp3) is 0.0400. The molecule has 2 N–H and O–H groups in total. The summed E-state index contributed by atoms with van der Waals surface area (Å²) in [6.07, 6.45) is 2.83. The number of nitrogens with zero attached hydrogens (tertiary/aromatic N) is 1. The molecule has 0 atom stereocenters. The summed E-state index contributed by atoms with van der Waals surface area (Å²) in [5, 5.41) is 13.9. The lowest BCUT2D eigenvalue weighted by Crippen LogP contribution is -2.13. The Hall–Kier alpha value is -4.17. The fourth-order valence-electron chi connectivity index (χ4n) is 4.47. The molecule has 4 heterocycles. The molecule has 0 aliphatic heterocycles. The summed E-state index contributed by atoms with van der Waals surface area (Å²) >= 11 is 1.62. The number of halogens is 1. The minimum absolute atomic E-state index is 0.101. The molecule has 0 spiro atoms. The number of carboxylic acid groups (broad SMARTS) is 1. The van der Waals surface area contributed by atoms with E-state index in [0.717, 1.165) is 15.6 Å². The van der Waals surface area contributed by atoms with E-state index in [-0.39, 0.29) is 34.3 Å². The fourth-order valence-corrected chi connectivity index (χ4v) is 5.24. The number of carboxylic acids is 1. The van der Waals surface area contributed by atoms with E-state index in [2.05, 4.69) is 4.98 Å². The molecule has 0 bridgehead atoms. The highest BCUT2D eigenvalue weighted by Gasteiger charge is 2.28. The molecule has 6 aromatic rings. The number of furan rings is 1. The number of rotatable bonds is 4. The summed E-state index contributed by atoms with van der Waals surface area (Å²) in [4.78, 5) is 27.9. The standard InChI is InChI=1S/C25H15FN2O4S/c26-17-11-18-21(23-15(17)5-8-32-23)20(16-2-1-7-27-24(16)29)22(25(30)31)28(18)12-13-3-4-19-14(10-13)6-9-33-19/h1-11H,12H2,(H,27,29)(H,30,31). The first-order valence-electron chi connectivity index (χ1n) is 10.1. The van der Waals surface area contributed by atoms with Gasteiger partial charge in [0.2, 0.25) is 0 Å². The van der Waals surface area contributed by atoms with Crippen LogP contribution in [0.1, 0.15) is 16.1 Å². The van der Waals surface area contributed by atoms with Gasteiger partial charge in [-0.1, -0.05) is 6.07 Å². The Labute approximate surface area is 189 Å². The van der Waals surface area contributed by atoms with Gasteiger partial charge in [-0.05, 0) is 58.8 Å². The van der Waals surface area contributed by atoms with Crippen molar-refractivity contribution >= 4 is 49.3 Å². The molecule has 0 amide bonds. The van der Waals surface area contributed by atoms with E-state index < -0.39 is 17.3 Å². The van der Waals surface area contributed by atoms with Crippen LogP contribution >= 0.6 is 11.3 Å². The molecule has 6 rings (SSSR count). The van der Waals surface area contributed by atoms with Crippen molar-refractivity contribution in [2.24, 2.45) is 0 Å². The van der Waals surface area contributed by atoms with Gasteiger partial charge in [-0.25, -0.2) is 9.18 Å². The largest absolute Gasteiger partial charge is 0.477 e. The zero-order chi connectivity index (χ0) is 22.7. The number of carbonyl (C=O) groups is 1. The van der Waals surface area contributed by atoms with Crippen LogP contribution in [0.4, 0.5) is 4.39 Å². The van der Waals surface area contributed by atoms with E-state index >= 15 is 0 Å². The molecule has 0 saturated carbocycles. The van der Waals surface area contributed by atoms with Gasteiger partial charge in [0.05, 0.1) is 28.1 Å². The summed E-state index contributed by atoms with van der Waals surface area (Å²) in [7, 11) is 0. The highest BCUT2D eigenvalue weighted by atomic mass is 32.1. The lowest BCUT2D eigenvalue weighted by molar-refractivity contribution is 0.0687. The molecule has 4 aromatic heterocycles. The maximum absolute atomic E-state index is 15.0. The minimum Gasteiger partial charge on any atom is -0.477 e. The zero-order valence-electron chi connectivity index (χ0n) is 17.0. The summed E-state index contributed by atoms with van der Waals surface area (Å²) in [6.45, 7) is 0.181. The number of hydrogen-bond donors (Lipinski definition) is 2. The number of hydrogen-bond acceptors (Lipinski definition) is 4. The van der Waals surface area contributed by atoms with Gasteiger partial charge >= 0.3 is 5.97 Å². The molecule has 2 aromatic carbocycles. The van der Waals surface area contributed by atoms with E-state index in [1.807, 2.05) is 29.6 Å². The molecule has 0 aliphatic rings. The van der Waals surface area contributed by atoms with Crippen LogP contribution in [0.15, 0.2) is 75.6 Å². The molecular weight excluding hydrogens is 443 g/mol. The van der Waals surface area contributed by atoms with Gasteiger partial charge in [-0.3, -0.25) is 4.79 Å². The van der Waals surface area contributed by atoms with Gasteiger partial charge in [0.15, 0.2) is 0 Å². The quantitative estimate of drug-likeness (QED) is 0.347. The summed E-state index contributed by atoms with van der Waals surface area (Å²) in [6, 6.07) is 13.9. The maximum atomic E-state index is 15.0. The van der Waals surface area contributed by atoms with Crippen molar-refractivity contribution in [1.82, 2.24) is 9.55 Å². The zero-order valence-corrected chi connectivity index (χ0v) is 17.8. The van der Waals surface area contributed by atoms with Gasteiger partial charge in [0, 0.05) is 23.0 Å². The van der Waals surface area contributed by atoms with Gasteiger partial charge in [-0.15, -0.1) is 11.3 Å². The van der Waals surface area contributed by atoms with Crippen LogP contribution in [0.5, 0.6) is 0 Å². The number of pyridine rings is 1. The second kappa shape index (κ2) is 7.18. The average molecular weight is 458 g/mol. The Morgan fingerprint density at radius 2 is 2.06 bits per heavy atom. The normalized spacial score (nSPS) is 11.7. The van der Waals surface area contributed by atoms with Gasteiger partial charge < -0.3 is 19.1 Å². The number of aromatic nitrogens is 2. The minimum atomic E-state index is -1.22. The van der Waals surface area contributed by atoms with Crippen LogP contribution in [-0.2, 0) is 6.54 Å². The maximum Gasteiger partial charge on any atom is 0.353 e. The van der Waals surface area contributed by atoms with Crippen molar-refractivity contribution in [3.8, 4) is 11.1 Å². The summed E-state index contributed by atoms with van der Waals surface area (Å²) in [5.41, 5.74) is 1.24. The molecule has 33 heavy (non-hydrogen) atoms. The van der Waals surface area contributed by atoms with Gasteiger partial charge in [0.1, 0.15) is 17.1 Å². The summed E-state index contributed by atoms with van der Waals surface area (Å²) < 4.78 is 23.2. The monoisotopic (exact) mass is 458 g/mol. The van der Waals surface area contributed by atoms with Crippen LogP contribution in [0.2, 0.25) is 0 Å². The van der Waals surface area contributed by atoms with Crippen LogP contribution in [0.3, 0.4) is 0 Å². The van der Waals surface area contributed by atoms with Gasteiger partial charge in [0.25, 0.3) is 5.56 Å². The smallest absolute Gasteiger partial charge is 0.353 e. The van der Waals surface area contributed by atoms with Crippen LogP contribution in [0, 0.1) is 5.82 Å². The second-order valence-corrected chi connectivity index (χ2v) is 8.68. The highest BCUT2D eigenvalue weighted by molar-refractivity contribution is 7.17. The van der Waals surface area contributed by atoms with Crippen molar-refractivity contribution in [3.05, 3.63) is 93.8 Å². The number of nitrogens with one attached hydrogen (secondary N) is 1. The molecular formula is C25H15FN2O4S. The Balaban J connectivity index is 1.74. The predicted octanol–water partition coefficient (Wildman–Crippen LogP) is 5.84. The van der Waals surface area contributed by atoms with Gasteiger partial charge in [-0.2, -0.15) is 0 Å². The van der Waals surface area contributed by atoms with Crippen molar-refractivity contribution in [3.63, 3.8) is 0 Å². The lowest BCUT2D eigenvalue weighted by Gasteiger charge is -2.10.